The second-order valence-electron chi connectivity index (χ2n) is 1.18. The van der Waals surface area contributed by atoms with Gasteiger partial charge in [0, 0.05) is 0 Å². The largest absolute Gasteiger partial charge is 0.394 e. The average molecular weight is 158 g/mol. The van der Waals surface area contributed by atoms with Crippen molar-refractivity contribution in [1.29, 1.82) is 0 Å². The zero-order chi connectivity index (χ0) is 7.91. The highest BCUT2D eigenvalue weighted by Gasteiger charge is 1.81. The maximum atomic E-state index is 9.19. The van der Waals surface area contributed by atoms with E-state index in [9.17, 15) is 8.42 Å². The molecule has 0 unspecified atom stereocenters. The lowest BCUT2D eigenvalue weighted by Gasteiger charge is -1.70. The van der Waals surface area contributed by atoms with E-state index >= 15 is 0 Å². The van der Waals surface area contributed by atoms with Gasteiger partial charge in [0.15, 0.2) is 0 Å². The Morgan fingerprint density at radius 1 is 1.22 bits per heavy atom. The summed E-state index contributed by atoms with van der Waals surface area (Å²) in [5, 5.41) is 15.2. The molecule has 0 heterocycles. The molecule has 0 bridgehead atoms. The number of aliphatic hydroxyl groups excluding tert-OH is 2. The number of hydrogen-bond acceptors (Lipinski definition) is 4. The fourth-order valence-corrected chi connectivity index (χ4v) is 0. The fraction of sp³-hybridized carbons (Fsp3) is 1.00. The Balaban J connectivity index is 0. The van der Waals surface area contributed by atoms with Gasteiger partial charge in [0.25, 0.3) is 10.1 Å². The summed E-state index contributed by atoms with van der Waals surface area (Å²) in [5.74, 6) is 0. The standard InChI is InChI=1S/C2H6O2.CH4O3S/c3-1-2-4;1-5(2,3)4/h3-4H,1-2H2;1H3,(H,2,3,4). The molecule has 0 aliphatic heterocycles. The molecule has 0 aliphatic rings. The van der Waals surface area contributed by atoms with E-state index in [0.717, 1.165) is 0 Å². The van der Waals surface area contributed by atoms with Crippen molar-refractivity contribution in [3.8, 4) is 0 Å². The molecule has 0 fully saturated rings. The average Bonchev–Trinajstić information content (AvgIpc) is 1.61. The van der Waals surface area contributed by atoms with E-state index in [1.54, 1.807) is 0 Å². The first-order valence-electron chi connectivity index (χ1n) is 2.06. The van der Waals surface area contributed by atoms with Crippen LogP contribution in [0.5, 0.6) is 0 Å². The SMILES string of the molecule is CS(=O)(=O)O.OCCO. The van der Waals surface area contributed by atoms with Gasteiger partial charge in [-0.05, 0) is 0 Å². The summed E-state index contributed by atoms with van der Waals surface area (Å²) >= 11 is 0. The third-order valence-corrected chi connectivity index (χ3v) is 0.1000. The van der Waals surface area contributed by atoms with Gasteiger partial charge in [-0.1, -0.05) is 0 Å². The van der Waals surface area contributed by atoms with Crippen molar-refractivity contribution in [3.63, 3.8) is 0 Å². The van der Waals surface area contributed by atoms with Gasteiger partial charge >= 0.3 is 0 Å². The van der Waals surface area contributed by atoms with Crippen molar-refractivity contribution >= 4 is 10.1 Å². The highest BCUT2D eigenvalue weighted by Crippen LogP contribution is 1.60. The topological polar surface area (TPSA) is 94.8 Å². The maximum Gasteiger partial charge on any atom is 0.261 e. The monoisotopic (exact) mass is 158 g/mol. The summed E-state index contributed by atoms with van der Waals surface area (Å²) in [4.78, 5) is 0. The number of hydrogen-bond donors (Lipinski definition) is 3. The molecule has 0 radical (unpaired) electrons. The predicted octanol–water partition coefficient (Wildman–Crippen LogP) is -1.52. The van der Waals surface area contributed by atoms with Crippen LogP contribution in [0.3, 0.4) is 0 Å². The van der Waals surface area contributed by atoms with Crippen LogP contribution >= 0.6 is 0 Å². The first-order chi connectivity index (χ1) is 3.91. The van der Waals surface area contributed by atoms with E-state index in [4.69, 9.17) is 14.8 Å². The highest BCUT2D eigenvalue weighted by atomic mass is 32.2. The first-order valence-corrected chi connectivity index (χ1v) is 3.90. The van der Waals surface area contributed by atoms with Crippen molar-refractivity contribution < 1.29 is 23.2 Å². The van der Waals surface area contributed by atoms with Crippen molar-refractivity contribution in [1.82, 2.24) is 0 Å². The summed E-state index contributed by atoms with van der Waals surface area (Å²) in [6.07, 6.45) is 0.715. The van der Waals surface area contributed by atoms with E-state index in [1.807, 2.05) is 0 Å². The molecule has 6 heteroatoms. The molecule has 9 heavy (non-hydrogen) atoms. The van der Waals surface area contributed by atoms with Crippen molar-refractivity contribution in [2.45, 2.75) is 0 Å². The van der Waals surface area contributed by atoms with E-state index in [1.165, 1.54) is 0 Å². The number of aliphatic hydroxyl groups is 2. The summed E-state index contributed by atoms with van der Waals surface area (Å²) in [6, 6.07) is 0. The van der Waals surface area contributed by atoms with E-state index < -0.39 is 10.1 Å². The minimum atomic E-state index is -3.67. The zero-order valence-corrected chi connectivity index (χ0v) is 5.80. The molecule has 0 spiro atoms. The summed E-state index contributed by atoms with van der Waals surface area (Å²) in [5.41, 5.74) is 0. The van der Waals surface area contributed by atoms with Crippen LogP contribution in [0.15, 0.2) is 0 Å². The zero-order valence-electron chi connectivity index (χ0n) is 4.98. The molecule has 0 aromatic rings. The van der Waals surface area contributed by atoms with Gasteiger partial charge in [0.1, 0.15) is 0 Å². The lowest BCUT2D eigenvalue weighted by atomic mass is 10.8. The third-order valence-electron chi connectivity index (χ3n) is 0.1000. The molecule has 0 amide bonds. The van der Waals surface area contributed by atoms with E-state index in [2.05, 4.69) is 0 Å². The van der Waals surface area contributed by atoms with Crippen LogP contribution in [0.2, 0.25) is 0 Å². The van der Waals surface area contributed by atoms with Crippen molar-refractivity contribution in [2.24, 2.45) is 0 Å². The van der Waals surface area contributed by atoms with Crippen LogP contribution in [0.4, 0.5) is 0 Å². The van der Waals surface area contributed by atoms with Gasteiger partial charge < -0.3 is 10.2 Å². The molecule has 58 valence electrons. The molecule has 0 atom stereocenters. The molecule has 0 aliphatic carbocycles. The Morgan fingerprint density at radius 2 is 1.33 bits per heavy atom. The highest BCUT2D eigenvalue weighted by molar-refractivity contribution is 7.85. The molecule has 3 N–H and O–H groups in total. The fourth-order valence-electron chi connectivity index (χ4n) is 0. The molecule has 0 aromatic carbocycles. The van der Waals surface area contributed by atoms with Crippen LogP contribution in [-0.4, -0.2) is 42.7 Å². The Morgan fingerprint density at radius 3 is 1.33 bits per heavy atom. The van der Waals surface area contributed by atoms with Gasteiger partial charge in [-0.15, -0.1) is 0 Å². The van der Waals surface area contributed by atoms with Gasteiger partial charge in [0.05, 0.1) is 19.5 Å². The van der Waals surface area contributed by atoms with Crippen LogP contribution in [-0.2, 0) is 10.1 Å². The Hall–Kier alpha value is -0.170. The predicted molar refractivity (Wildman–Crippen MR) is 31.6 cm³/mol. The maximum absolute atomic E-state index is 9.19. The molecular weight excluding hydrogens is 148 g/mol. The molecular formula is C3H10O5S. The van der Waals surface area contributed by atoms with Crippen LogP contribution < -0.4 is 0 Å². The first kappa shape index (κ1) is 11.6. The Kier molecular flexibility index (Phi) is 7.68. The summed E-state index contributed by atoms with van der Waals surface area (Å²) in [6.45, 7) is -0.250. The van der Waals surface area contributed by atoms with Gasteiger partial charge in [-0.25, -0.2) is 0 Å². The molecule has 0 rings (SSSR count). The van der Waals surface area contributed by atoms with Crippen LogP contribution in [0.25, 0.3) is 0 Å². The Labute approximate surface area is 53.7 Å². The normalized spacial score (nSPS) is 9.78. The Bertz CT molecular complexity index is 115. The summed E-state index contributed by atoms with van der Waals surface area (Å²) < 4.78 is 25.9. The second-order valence-corrected chi connectivity index (χ2v) is 2.65. The smallest absolute Gasteiger partial charge is 0.261 e. The van der Waals surface area contributed by atoms with Crippen LogP contribution in [0.1, 0.15) is 0 Å². The lowest BCUT2D eigenvalue weighted by molar-refractivity contribution is 0.186. The second kappa shape index (κ2) is 5.96. The van der Waals surface area contributed by atoms with E-state index in [-0.39, 0.29) is 13.2 Å². The molecule has 0 saturated heterocycles. The quantitative estimate of drug-likeness (QED) is 0.403. The van der Waals surface area contributed by atoms with Gasteiger partial charge in [-0.2, -0.15) is 8.42 Å². The minimum Gasteiger partial charge on any atom is -0.394 e. The van der Waals surface area contributed by atoms with Gasteiger partial charge in [-0.3, -0.25) is 4.55 Å². The number of rotatable bonds is 1. The minimum absolute atomic E-state index is 0.125. The summed E-state index contributed by atoms with van der Waals surface area (Å²) in [7, 11) is -3.67. The molecule has 0 aromatic heterocycles. The van der Waals surface area contributed by atoms with Crippen molar-refractivity contribution in [2.75, 3.05) is 19.5 Å². The molecule has 5 nitrogen and oxygen atoms in total. The van der Waals surface area contributed by atoms with Crippen LogP contribution in [0, 0.1) is 0 Å². The van der Waals surface area contributed by atoms with E-state index in [0.29, 0.717) is 6.26 Å². The van der Waals surface area contributed by atoms with Gasteiger partial charge in [0.2, 0.25) is 0 Å². The third kappa shape index (κ3) is 386. The molecule has 0 saturated carbocycles. The van der Waals surface area contributed by atoms with Crippen molar-refractivity contribution in [3.05, 3.63) is 0 Å². The lowest BCUT2D eigenvalue weighted by Crippen LogP contribution is -1.88.